The van der Waals surface area contributed by atoms with E-state index in [9.17, 15) is 9.59 Å². The summed E-state index contributed by atoms with van der Waals surface area (Å²) in [7, 11) is 0. The van der Waals surface area contributed by atoms with E-state index in [1.807, 2.05) is 0 Å². The minimum Gasteiger partial charge on any atom is -0.466 e. The van der Waals surface area contributed by atoms with E-state index in [1.54, 1.807) is 0 Å². The smallest absolute Gasteiger partial charge is 0.323 e. The van der Waals surface area contributed by atoms with Crippen molar-refractivity contribution in [3.63, 3.8) is 0 Å². The van der Waals surface area contributed by atoms with Crippen LogP contribution in [0.2, 0.25) is 0 Å². The number of hydrogen-bond acceptors (Lipinski definition) is 5. The Labute approximate surface area is 108 Å². The normalized spacial score (nSPS) is 11.7. The van der Waals surface area contributed by atoms with Gasteiger partial charge in [0.05, 0.1) is 6.61 Å². The van der Waals surface area contributed by atoms with Crippen LogP contribution >= 0.6 is 0 Å². The second-order valence-corrected chi connectivity index (χ2v) is 3.99. The van der Waals surface area contributed by atoms with Crippen LogP contribution in [0.4, 0.5) is 0 Å². The Bertz CT molecular complexity index is 266. The molecule has 0 heterocycles. The van der Waals surface area contributed by atoms with E-state index in [0.717, 1.165) is 19.3 Å². The summed E-state index contributed by atoms with van der Waals surface area (Å²) in [6.07, 6.45) is 4.83. The van der Waals surface area contributed by atoms with E-state index in [2.05, 4.69) is 13.5 Å². The van der Waals surface area contributed by atoms with Crippen molar-refractivity contribution < 1.29 is 19.1 Å². The van der Waals surface area contributed by atoms with Crippen LogP contribution in [0.15, 0.2) is 12.7 Å². The van der Waals surface area contributed by atoms with E-state index < -0.39 is 12.0 Å². The number of rotatable bonds is 10. The van der Waals surface area contributed by atoms with Crippen LogP contribution in [0.5, 0.6) is 0 Å². The van der Waals surface area contributed by atoms with Crippen molar-refractivity contribution in [3.8, 4) is 0 Å². The maximum absolute atomic E-state index is 11.3. The molecule has 0 radical (unpaired) electrons. The zero-order valence-electron chi connectivity index (χ0n) is 11.0. The fourth-order valence-electron chi connectivity index (χ4n) is 1.25. The molecule has 5 heteroatoms. The summed E-state index contributed by atoms with van der Waals surface area (Å²) in [6, 6.07) is -0.784. The van der Waals surface area contributed by atoms with Crippen molar-refractivity contribution in [1.82, 2.24) is 0 Å². The zero-order valence-corrected chi connectivity index (χ0v) is 11.0. The summed E-state index contributed by atoms with van der Waals surface area (Å²) in [5.41, 5.74) is 5.57. The van der Waals surface area contributed by atoms with Gasteiger partial charge in [-0.2, -0.15) is 0 Å². The molecular weight excluding hydrogens is 234 g/mol. The molecule has 18 heavy (non-hydrogen) atoms. The number of ether oxygens (including phenoxy) is 2. The summed E-state index contributed by atoms with van der Waals surface area (Å²) >= 11 is 0. The predicted octanol–water partition coefficient (Wildman–Crippen LogP) is 1.56. The molecule has 0 spiro atoms. The predicted molar refractivity (Wildman–Crippen MR) is 68.8 cm³/mol. The summed E-state index contributed by atoms with van der Waals surface area (Å²) in [5.74, 6) is -0.841. The Balaban J connectivity index is 3.63. The molecule has 0 aromatic rings. The minimum atomic E-state index is -0.784. The van der Waals surface area contributed by atoms with Gasteiger partial charge in [-0.3, -0.25) is 9.59 Å². The molecule has 0 unspecified atom stereocenters. The van der Waals surface area contributed by atoms with Gasteiger partial charge in [0.25, 0.3) is 0 Å². The van der Waals surface area contributed by atoms with Crippen LogP contribution in [0, 0.1) is 0 Å². The largest absolute Gasteiger partial charge is 0.466 e. The average Bonchev–Trinajstić information content (AvgIpc) is 2.38. The third kappa shape index (κ3) is 8.75. The van der Waals surface area contributed by atoms with E-state index in [1.165, 1.54) is 6.08 Å². The number of hydrogen-bond donors (Lipinski definition) is 1. The number of carbonyl (C=O) groups excluding carboxylic acids is 2. The number of carbonyl (C=O) groups is 2. The lowest BCUT2D eigenvalue weighted by Crippen LogP contribution is -2.33. The molecule has 1 atom stereocenters. The molecule has 0 aliphatic rings. The Kier molecular flexibility index (Phi) is 9.96. The highest BCUT2D eigenvalue weighted by Crippen LogP contribution is 2.01. The van der Waals surface area contributed by atoms with Crippen molar-refractivity contribution >= 4 is 11.9 Å². The molecule has 0 amide bonds. The number of esters is 2. The lowest BCUT2D eigenvalue weighted by atomic mass is 10.2. The van der Waals surface area contributed by atoms with Crippen molar-refractivity contribution in [3.05, 3.63) is 12.7 Å². The van der Waals surface area contributed by atoms with Gasteiger partial charge in [0.2, 0.25) is 0 Å². The van der Waals surface area contributed by atoms with Crippen molar-refractivity contribution in [1.29, 1.82) is 0 Å². The first-order valence-electron chi connectivity index (χ1n) is 6.30. The molecule has 0 bridgehead atoms. The van der Waals surface area contributed by atoms with Crippen LogP contribution in [0.3, 0.4) is 0 Å². The number of unbranched alkanes of at least 4 members (excludes halogenated alkanes) is 2. The Morgan fingerprint density at radius 2 is 2.06 bits per heavy atom. The third-order valence-electron chi connectivity index (χ3n) is 2.32. The molecule has 0 aromatic heterocycles. The monoisotopic (exact) mass is 257 g/mol. The van der Waals surface area contributed by atoms with Gasteiger partial charge in [0.1, 0.15) is 12.6 Å². The molecule has 104 valence electrons. The van der Waals surface area contributed by atoms with Gasteiger partial charge in [-0.1, -0.05) is 32.4 Å². The van der Waals surface area contributed by atoms with Gasteiger partial charge in [0, 0.05) is 6.42 Å². The van der Waals surface area contributed by atoms with Crippen LogP contribution in [0.1, 0.15) is 39.0 Å². The third-order valence-corrected chi connectivity index (χ3v) is 2.32. The Morgan fingerprint density at radius 3 is 2.67 bits per heavy atom. The van der Waals surface area contributed by atoms with Crippen LogP contribution in [-0.2, 0) is 19.1 Å². The Hall–Kier alpha value is -1.36. The van der Waals surface area contributed by atoms with Crippen LogP contribution < -0.4 is 5.73 Å². The topological polar surface area (TPSA) is 78.6 Å². The highest BCUT2D eigenvalue weighted by molar-refractivity contribution is 5.77. The van der Waals surface area contributed by atoms with Crippen LogP contribution in [0.25, 0.3) is 0 Å². The molecule has 0 saturated carbocycles. The SMILES string of the molecule is C=CCOC(=O)[C@@H](N)CCC(=O)OCCCCC. The molecule has 5 nitrogen and oxygen atoms in total. The molecule has 0 rings (SSSR count). The van der Waals surface area contributed by atoms with E-state index in [0.29, 0.717) is 6.61 Å². The highest BCUT2D eigenvalue weighted by atomic mass is 16.5. The Morgan fingerprint density at radius 1 is 1.33 bits per heavy atom. The van der Waals surface area contributed by atoms with Gasteiger partial charge < -0.3 is 15.2 Å². The van der Waals surface area contributed by atoms with Crippen molar-refractivity contribution in [2.45, 2.75) is 45.1 Å². The first-order chi connectivity index (χ1) is 8.61. The average molecular weight is 257 g/mol. The molecule has 0 fully saturated rings. The molecule has 0 saturated heterocycles. The standard InChI is InChI=1S/C13H23NO4/c1-3-5-6-10-17-12(15)8-7-11(14)13(16)18-9-4-2/h4,11H,2-3,5-10,14H2,1H3/t11-/m0/s1. The van der Waals surface area contributed by atoms with Gasteiger partial charge >= 0.3 is 11.9 Å². The van der Waals surface area contributed by atoms with E-state index in [-0.39, 0.29) is 25.4 Å². The van der Waals surface area contributed by atoms with Crippen LogP contribution in [-0.4, -0.2) is 31.2 Å². The first kappa shape index (κ1) is 16.6. The molecule has 0 aromatic carbocycles. The molecule has 0 aliphatic heterocycles. The summed E-state index contributed by atoms with van der Waals surface area (Å²) in [6.45, 7) is 6.07. The maximum atomic E-state index is 11.3. The molecule has 0 aliphatic carbocycles. The minimum absolute atomic E-state index is 0.133. The lowest BCUT2D eigenvalue weighted by molar-refractivity contribution is -0.146. The summed E-state index contributed by atoms with van der Waals surface area (Å²) in [4.78, 5) is 22.6. The summed E-state index contributed by atoms with van der Waals surface area (Å²) < 4.78 is 9.76. The second kappa shape index (κ2) is 10.8. The molecule has 2 N–H and O–H groups in total. The quantitative estimate of drug-likeness (QED) is 0.365. The highest BCUT2D eigenvalue weighted by Gasteiger charge is 2.16. The molecular formula is C13H23NO4. The van der Waals surface area contributed by atoms with Gasteiger partial charge in [0.15, 0.2) is 0 Å². The maximum Gasteiger partial charge on any atom is 0.323 e. The van der Waals surface area contributed by atoms with Crippen molar-refractivity contribution in [2.24, 2.45) is 5.73 Å². The van der Waals surface area contributed by atoms with Gasteiger partial charge in [-0.15, -0.1) is 0 Å². The van der Waals surface area contributed by atoms with Crippen molar-refractivity contribution in [2.75, 3.05) is 13.2 Å². The fourth-order valence-corrected chi connectivity index (χ4v) is 1.25. The van der Waals surface area contributed by atoms with Gasteiger partial charge in [-0.25, -0.2) is 0 Å². The number of nitrogens with two attached hydrogens (primary N) is 1. The van der Waals surface area contributed by atoms with E-state index >= 15 is 0 Å². The lowest BCUT2D eigenvalue weighted by Gasteiger charge is -2.10. The fraction of sp³-hybridized carbons (Fsp3) is 0.692. The van der Waals surface area contributed by atoms with E-state index in [4.69, 9.17) is 15.2 Å². The summed E-state index contributed by atoms with van der Waals surface area (Å²) in [5, 5.41) is 0. The van der Waals surface area contributed by atoms with Gasteiger partial charge in [-0.05, 0) is 12.8 Å². The first-order valence-corrected chi connectivity index (χ1v) is 6.30. The second-order valence-electron chi connectivity index (χ2n) is 3.99. The zero-order chi connectivity index (χ0) is 13.8.